The minimum atomic E-state index is -1.84. The van der Waals surface area contributed by atoms with Gasteiger partial charge in [-0.15, -0.1) is 10.1 Å². The van der Waals surface area contributed by atoms with Crippen molar-refractivity contribution >= 4 is 17.4 Å². The molecule has 2 rings (SSSR count). The second-order valence-corrected chi connectivity index (χ2v) is 5.05. The zero-order valence-electron chi connectivity index (χ0n) is 11.6. The van der Waals surface area contributed by atoms with Gasteiger partial charge in [-0.1, -0.05) is 23.7 Å². The van der Waals surface area contributed by atoms with Gasteiger partial charge in [-0.3, -0.25) is 4.79 Å². The van der Waals surface area contributed by atoms with Crippen LogP contribution in [0.4, 0.5) is 4.39 Å². The Morgan fingerprint density at radius 3 is 2.26 bits per heavy atom. The molecule has 120 valence electrons. The summed E-state index contributed by atoms with van der Waals surface area (Å²) in [5.74, 6) is -1.38. The van der Waals surface area contributed by atoms with E-state index >= 15 is 0 Å². The van der Waals surface area contributed by atoms with E-state index in [0.717, 1.165) is 12.1 Å². The Morgan fingerprint density at radius 1 is 1.17 bits per heavy atom. The Labute approximate surface area is 135 Å². The van der Waals surface area contributed by atoms with Gasteiger partial charge in [0.1, 0.15) is 11.9 Å². The zero-order chi connectivity index (χ0) is 17.0. The van der Waals surface area contributed by atoms with Crippen LogP contribution in [-0.2, 0) is 4.84 Å². The van der Waals surface area contributed by atoms with Gasteiger partial charge in [-0.2, -0.15) is 0 Å². The number of carbonyl (C=O) groups excluding carboxylic acids is 1. The van der Waals surface area contributed by atoms with E-state index in [-0.39, 0.29) is 11.1 Å². The molecule has 2 unspecified atom stereocenters. The van der Waals surface area contributed by atoms with Crippen molar-refractivity contribution in [2.75, 3.05) is 0 Å². The van der Waals surface area contributed by atoms with Crippen LogP contribution in [0.15, 0.2) is 48.5 Å². The second kappa shape index (κ2) is 7.17. The Kier molecular flexibility index (Phi) is 5.25. The standard InChI is InChI=1S/C15H11ClFNO5/c16-11-5-1-10(2-6-11)15(23-18(21)22)14(20)13(19)9-3-7-12(17)8-4-9/h1-8,14-15,20H. The van der Waals surface area contributed by atoms with E-state index in [1.54, 1.807) is 0 Å². The first-order valence-electron chi connectivity index (χ1n) is 6.43. The van der Waals surface area contributed by atoms with Crippen molar-refractivity contribution in [1.82, 2.24) is 0 Å². The average Bonchev–Trinajstić information content (AvgIpc) is 2.53. The molecule has 0 amide bonds. The Hall–Kier alpha value is -2.51. The summed E-state index contributed by atoms with van der Waals surface area (Å²) in [6.07, 6.45) is -3.37. The van der Waals surface area contributed by atoms with Gasteiger partial charge in [0.2, 0.25) is 0 Å². The topological polar surface area (TPSA) is 89.7 Å². The van der Waals surface area contributed by atoms with Crippen LogP contribution < -0.4 is 0 Å². The highest BCUT2D eigenvalue weighted by molar-refractivity contribution is 6.30. The molecule has 2 atom stereocenters. The fraction of sp³-hybridized carbons (Fsp3) is 0.133. The predicted octanol–water partition coefficient (Wildman–Crippen LogP) is 2.97. The first kappa shape index (κ1) is 16.9. The number of hydrogen-bond acceptors (Lipinski definition) is 5. The fourth-order valence-corrected chi connectivity index (χ4v) is 2.09. The number of hydrogen-bond donors (Lipinski definition) is 1. The number of halogens is 2. The van der Waals surface area contributed by atoms with E-state index in [9.17, 15) is 24.4 Å². The van der Waals surface area contributed by atoms with Gasteiger partial charge in [0.25, 0.3) is 5.09 Å². The number of nitrogens with zero attached hydrogens (tertiary/aromatic N) is 1. The summed E-state index contributed by atoms with van der Waals surface area (Å²) < 4.78 is 12.9. The van der Waals surface area contributed by atoms with E-state index < -0.39 is 28.9 Å². The maximum atomic E-state index is 12.9. The van der Waals surface area contributed by atoms with Crippen LogP contribution in [0, 0.1) is 15.9 Å². The van der Waals surface area contributed by atoms with E-state index in [4.69, 9.17) is 11.6 Å². The number of carbonyl (C=O) groups is 1. The lowest BCUT2D eigenvalue weighted by molar-refractivity contribution is -0.772. The first-order chi connectivity index (χ1) is 10.9. The summed E-state index contributed by atoms with van der Waals surface area (Å²) in [4.78, 5) is 27.3. The number of aliphatic hydroxyl groups is 1. The quantitative estimate of drug-likeness (QED) is 0.496. The van der Waals surface area contributed by atoms with Crippen LogP contribution in [0.25, 0.3) is 0 Å². The molecule has 0 aliphatic rings. The molecule has 0 radical (unpaired) electrons. The normalized spacial score (nSPS) is 13.2. The highest BCUT2D eigenvalue weighted by Gasteiger charge is 2.31. The summed E-state index contributed by atoms with van der Waals surface area (Å²) in [7, 11) is 0. The van der Waals surface area contributed by atoms with E-state index in [1.165, 1.54) is 36.4 Å². The van der Waals surface area contributed by atoms with Gasteiger partial charge < -0.3 is 9.94 Å². The SMILES string of the molecule is O=C(c1ccc(F)cc1)C(O)C(O[N+](=O)[O-])c1ccc(Cl)cc1. The minimum absolute atomic E-state index is 0.00446. The third-order valence-electron chi connectivity index (χ3n) is 3.08. The molecule has 23 heavy (non-hydrogen) atoms. The maximum absolute atomic E-state index is 12.9. The average molecular weight is 340 g/mol. The molecule has 2 aromatic carbocycles. The lowest BCUT2D eigenvalue weighted by atomic mass is 9.97. The van der Waals surface area contributed by atoms with Gasteiger partial charge in [0, 0.05) is 10.6 Å². The number of Topliss-reactive ketones (excluding diaryl/α,β-unsaturated/α-hetero) is 1. The minimum Gasteiger partial charge on any atom is -0.382 e. The molecule has 0 saturated carbocycles. The lowest BCUT2D eigenvalue weighted by Gasteiger charge is -2.20. The van der Waals surface area contributed by atoms with Gasteiger partial charge in [0.05, 0.1) is 0 Å². The van der Waals surface area contributed by atoms with Gasteiger partial charge in [-0.25, -0.2) is 4.39 Å². The van der Waals surface area contributed by atoms with Crippen molar-refractivity contribution in [2.24, 2.45) is 0 Å². The smallest absolute Gasteiger partial charge is 0.295 e. The first-order valence-corrected chi connectivity index (χ1v) is 6.81. The van der Waals surface area contributed by atoms with Crippen molar-refractivity contribution in [3.63, 3.8) is 0 Å². The molecule has 2 aromatic rings. The van der Waals surface area contributed by atoms with Crippen molar-refractivity contribution < 1.29 is 24.2 Å². The lowest BCUT2D eigenvalue weighted by Crippen LogP contribution is -2.31. The molecule has 0 fully saturated rings. The maximum Gasteiger partial charge on any atom is 0.295 e. The summed E-state index contributed by atoms with van der Waals surface area (Å²) in [5.41, 5.74) is 0.207. The third-order valence-corrected chi connectivity index (χ3v) is 3.33. The highest BCUT2D eigenvalue weighted by atomic mass is 35.5. The van der Waals surface area contributed by atoms with Gasteiger partial charge >= 0.3 is 0 Å². The van der Waals surface area contributed by atoms with Crippen molar-refractivity contribution in [2.45, 2.75) is 12.2 Å². The summed E-state index contributed by atoms with van der Waals surface area (Å²) in [6.45, 7) is 0. The molecule has 0 heterocycles. The van der Waals surface area contributed by atoms with Gasteiger partial charge in [0.15, 0.2) is 11.9 Å². The molecule has 1 N–H and O–H groups in total. The second-order valence-electron chi connectivity index (χ2n) is 4.62. The molecule has 0 spiro atoms. The Balaban J connectivity index is 2.30. The van der Waals surface area contributed by atoms with Crippen LogP contribution in [0.5, 0.6) is 0 Å². The molecule has 8 heteroatoms. The predicted molar refractivity (Wildman–Crippen MR) is 79.0 cm³/mol. The van der Waals surface area contributed by atoms with Crippen LogP contribution in [0.3, 0.4) is 0 Å². The molecule has 0 saturated heterocycles. The molecular weight excluding hydrogens is 329 g/mol. The monoisotopic (exact) mass is 339 g/mol. The van der Waals surface area contributed by atoms with Crippen molar-refractivity contribution in [3.8, 4) is 0 Å². The molecule has 0 bridgehead atoms. The van der Waals surface area contributed by atoms with E-state index in [2.05, 4.69) is 4.84 Å². The zero-order valence-corrected chi connectivity index (χ0v) is 12.3. The summed E-state index contributed by atoms with van der Waals surface area (Å²) in [6, 6.07) is 10.1. The number of aliphatic hydroxyl groups excluding tert-OH is 1. The summed E-state index contributed by atoms with van der Waals surface area (Å²) in [5, 5.41) is 20.1. The van der Waals surface area contributed by atoms with Crippen molar-refractivity contribution in [1.29, 1.82) is 0 Å². The van der Waals surface area contributed by atoms with Crippen LogP contribution in [-0.4, -0.2) is 22.1 Å². The molecular formula is C15H11ClFNO5. The highest BCUT2D eigenvalue weighted by Crippen LogP contribution is 2.25. The molecule has 0 aliphatic heterocycles. The summed E-state index contributed by atoms with van der Waals surface area (Å²) >= 11 is 5.74. The number of benzene rings is 2. The molecule has 0 aromatic heterocycles. The van der Waals surface area contributed by atoms with E-state index in [1.807, 2.05) is 0 Å². The number of rotatable bonds is 6. The fourth-order valence-electron chi connectivity index (χ4n) is 1.97. The van der Waals surface area contributed by atoms with Crippen LogP contribution in [0.1, 0.15) is 22.0 Å². The largest absolute Gasteiger partial charge is 0.382 e. The van der Waals surface area contributed by atoms with Crippen LogP contribution in [0.2, 0.25) is 5.02 Å². The Morgan fingerprint density at radius 2 is 1.74 bits per heavy atom. The molecule has 0 aliphatic carbocycles. The van der Waals surface area contributed by atoms with E-state index in [0.29, 0.717) is 5.02 Å². The number of ketones is 1. The van der Waals surface area contributed by atoms with Crippen molar-refractivity contribution in [3.05, 3.63) is 80.6 Å². The third kappa shape index (κ3) is 4.24. The van der Waals surface area contributed by atoms with Gasteiger partial charge in [-0.05, 0) is 42.0 Å². The van der Waals surface area contributed by atoms with Crippen LogP contribution >= 0.6 is 11.6 Å². The molecule has 6 nitrogen and oxygen atoms in total. The Bertz CT molecular complexity index is 705.